The molecule has 1 saturated heterocycles. The molecule has 24 heavy (non-hydrogen) atoms. The monoisotopic (exact) mass is 331 g/mol. The van der Waals surface area contributed by atoms with Gasteiger partial charge < -0.3 is 15.1 Å². The molecule has 1 N–H and O–H groups in total. The molecule has 0 spiro atoms. The Hall–Kier alpha value is -1.71. The average Bonchev–Trinajstić information content (AvgIpc) is 2.63. The van der Waals surface area contributed by atoms with E-state index in [4.69, 9.17) is 0 Å². The third-order valence-corrected chi connectivity index (χ3v) is 4.60. The van der Waals surface area contributed by atoms with E-state index in [0.717, 1.165) is 31.6 Å². The Morgan fingerprint density at radius 3 is 2.25 bits per heavy atom. The van der Waals surface area contributed by atoms with Crippen LogP contribution < -0.4 is 10.2 Å². The number of carbonyl (C=O) groups excluding carboxylic acids is 1. The summed E-state index contributed by atoms with van der Waals surface area (Å²) in [4.78, 5) is 16.7. The van der Waals surface area contributed by atoms with Gasteiger partial charge in [-0.2, -0.15) is 0 Å². The van der Waals surface area contributed by atoms with Crippen LogP contribution in [0.15, 0.2) is 24.3 Å². The number of hydrogen-bond acceptors (Lipinski definition) is 3. The largest absolute Gasteiger partial charge is 0.385 e. The van der Waals surface area contributed by atoms with Crippen LogP contribution in [-0.2, 0) is 4.79 Å². The number of carbonyl (C=O) groups is 1. The summed E-state index contributed by atoms with van der Waals surface area (Å²) in [5.41, 5.74) is 2.41. The third kappa shape index (κ3) is 5.73. The zero-order valence-electron chi connectivity index (χ0n) is 15.4. The second-order valence-electron chi connectivity index (χ2n) is 6.65. The van der Waals surface area contributed by atoms with Gasteiger partial charge in [0.25, 0.3) is 0 Å². The fraction of sp³-hybridized carbons (Fsp3) is 0.650. The zero-order valence-corrected chi connectivity index (χ0v) is 15.4. The van der Waals surface area contributed by atoms with Crippen molar-refractivity contribution < 1.29 is 4.79 Å². The number of anilines is 2. The second-order valence-corrected chi connectivity index (χ2v) is 6.65. The van der Waals surface area contributed by atoms with E-state index in [1.807, 2.05) is 4.90 Å². The molecule has 4 nitrogen and oxygen atoms in total. The van der Waals surface area contributed by atoms with Crippen LogP contribution in [0.5, 0.6) is 0 Å². The molecule has 134 valence electrons. The Balaban J connectivity index is 1.76. The average molecular weight is 332 g/mol. The Morgan fingerprint density at radius 1 is 1.04 bits per heavy atom. The van der Waals surface area contributed by atoms with Crippen LogP contribution in [0.25, 0.3) is 0 Å². The Kier molecular flexibility index (Phi) is 7.93. The molecule has 1 fully saturated rings. The minimum absolute atomic E-state index is 0.260. The molecule has 0 unspecified atom stereocenters. The van der Waals surface area contributed by atoms with E-state index >= 15 is 0 Å². The van der Waals surface area contributed by atoms with Crippen molar-refractivity contribution in [2.24, 2.45) is 0 Å². The molecule has 0 aromatic heterocycles. The molecule has 1 amide bonds. The molecule has 0 aliphatic carbocycles. The van der Waals surface area contributed by atoms with Crippen LogP contribution in [0.1, 0.15) is 52.4 Å². The summed E-state index contributed by atoms with van der Waals surface area (Å²) in [5, 5.41) is 3.38. The van der Waals surface area contributed by atoms with Crippen molar-refractivity contribution in [3.05, 3.63) is 24.3 Å². The van der Waals surface area contributed by atoms with Gasteiger partial charge in [0.1, 0.15) is 0 Å². The van der Waals surface area contributed by atoms with Crippen LogP contribution in [0.4, 0.5) is 11.4 Å². The highest BCUT2D eigenvalue weighted by Gasteiger charge is 2.12. The molecule has 4 heteroatoms. The van der Waals surface area contributed by atoms with E-state index in [0.29, 0.717) is 13.0 Å². The van der Waals surface area contributed by atoms with Crippen molar-refractivity contribution in [2.75, 3.05) is 42.9 Å². The summed E-state index contributed by atoms with van der Waals surface area (Å²) in [7, 11) is 0. The van der Waals surface area contributed by atoms with Gasteiger partial charge in [-0.3, -0.25) is 4.79 Å². The molecule has 1 aliphatic heterocycles. The number of amides is 1. The van der Waals surface area contributed by atoms with Gasteiger partial charge in [0.15, 0.2) is 0 Å². The number of rotatable bonds is 9. The van der Waals surface area contributed by atoms with Gasteiger partial charge in [-0.25, -0.2) is 0 Å². The topological polar surface area (TPSA) is 35.6 Å². The number of nitrogens with zero attached hydrogens (tertiary/aromatic N) is 2. The standard InChI is InChI=1S/C20H33N3O/c1-3-14-23(15-4-2)20(24)12-13-21-18-8-10-19(11-9-18)22-16-6-5-7-17-22/h8-11,21H,3-7,12-17H2,1-2H3. The maximum atomic E-state index is 12.3. The lowest BCUT2D eigenvalue weighted by atomic mass is 10.1. The highest BCUT2D eigenvalue weighted by molar-refractivity contribution is 5.76. The number of piperidine rings is 1. The molecule has 0 bridgehead atoms. The SMILES string of the molecule is CCCN(CCC)C(=O)CCNc1ccc(N2CCCCC2)cc1. The van der Waals surface area contributed by atoms with Gasteiger partial charge in [0.2, 0.25) is 5.91 Å². The fourth-order valence-electron chi connectivity index (χ4n) is 3.32. The van der Waals surface area contributed by atoms with Gasteiger partial charge in [-0.15, -0.1) is 0 Å². The summed E-state index contributed by atoms with van der Waals surface area (Å²) >= 11 is 0. The van der Waals surface area contributed by atoms with Gasteiger partial charge in [0.05, 0.1) is 0 Å². The minimum Gasteiger partial charge on any atom is -0.385 e. The van der Waals surface area contributed by atoms with E-state index < -0.39 is 0 Å². The summed E-state index contributed by atoms with van der Waals surface area (Å²) in [5.74, 6) is 0.260. The second kappa shape index (κ2) is 10.2. The first kappa shape index (κ1) is 18.6. The van der Waals surface area contributed by atoms with E-state index in [9.17, 15) is 4.79 Å². The minimum atomic E-state index is 0.260. The molecule has 0 atom stereocenters. The molecule has 1 aliphatic rings. The zero-order chi connectivity index (χ0) is 17.2. The predicted octanol–water partition coefficient (Wildman–Crippen LogP) is 4.13. The Bertz CT molecular complexity index is 474. The predicted molar refractivity (Wildman–Crippen MR) is 103 cm³/mol. The first-order valence-electron chi connectivity index (χ1n) is 9.61. The van der Waals surface area contributed by atoms with Crippen molar-refractivity contribution in [1.82, 2.24) is 4.90 Å². The van der Waals surface area contributed by atoms with Gasteiger partial charge in [-0.1, -0.05) is 13.8 Å². The molecule has 0 saturated carbocycles. The normalized spacial score (nSPS) is 14.5. The fourth-order valence-corrected chi connectivity index (χ4v) is 3.32. The quantitative estimate of drug-likeness (QED) is 0.739. The highest BCUT2D eigenvalue weighted by Crippen LogP contribution is 2.21. The maximum absolute atomic E-state index is 12.3. The van der Waals surface area contributed by atoms with E-state index in [2.05, 4.69) is 48.3 Å². The van der Waals surface area contributed by atoms with Crippen LogP contribution in [0.2, 0.25) is 0 Å². The molecule has 1 aromatic carbocycles. The van der Waals surface area contributed by atoms with Gasteiger partial charge in [-0.05, 0) is 56.4 Å². The van der Waals surface area contributed by atoms with Crippen molar-refractivity contribution in [3.63, 3.8) is 0 Å². The smallest absolute Gasteiger partial charge is 0.224 e. The van der Waals surface area contributed by atoms with Crippen LogP contribution in [0, 0.1) is 0 Å². The highest BCUT2D eigenvalue weighted by atomic mass is 16.2. The van der Waals surface area contributed by atoms with Gasteiger partial charge in [0, 0.05) is 50.5 Å². The molecular weight excluding hydrogens is 298 g/mol. The Labute approximate surface area is 147 Å². The lowest BCUT2D eigenvalue weighted by Crippen LogP contribution is -2.33. The molecular formula is C20H33N3O. The lowest BCUT2D eigenvalue weighted by Gasteiger charge is -2.28. The van der Waals surface area contributed by atoms with E-state index in [1.165, 1.54) is 38.0 Å². The first-order valence-corrected chi connectivity index (χ1v) is 9.61. The number of nitrogens with one attached hydrogen (secondary N) is 1. The molecule has 2 rings (SSSR count). The molecule has 1 heterocycles. The molecule has 0 radical (unpaired) electrons. The van der Waals surface area contributed by atoms with Gasteiger partial charge >= 0.3 is 0 Å². The third-order valence-electron chi connectivity index (χ3n) is 4.60. The maximum Gasteiger partial charge on any atom is 0.224 e. The Morgan fingerprint density at radius 2 is 1.67 bits per heavy atom. The summed E-state index contributed by atoms with van der Waals surface area (Å²) < 4.78 is 0. The first-order chi connectivity index (χ1) is 11.7. The summed E-state index contributed by atoms with van der Waals surface area (Å²) in [6.07, 6.45) is 6.57. The summed E-state index contributed by atoms with van der Waals surface area (Å²) in [6.45, 7) is 9.04. The summed E-state index contributed by atoms with van der Waals surface area (Å²) in [6, 6.07) is 8.64. The van der Waals surface area contributed by atoms with Crippen molar-refractivity contribution in [2.45, 2.75) is 52.4 Å². The van der Waals surface area contributed by atoms with Crippen LogP contribution in [0.3, 0.4) is 0 Å². The van der Waals surface area contributed by atoms with Crippen molar-refractivity contribution in [3.8, 4) is 0 Å². The number of hydrogen-bond donors (Lipinski definition) is 1. The van der Waals surface area contributed by atoms with E-state index in [1.54, 1.807) is 0 Å². The number of benzene rings is 1. The van der Waals surface area contributed by atoms with Crippen molar-refractivity contribution in [1.29, 1.82) is 0 Å². The van der Waals surface area contributed by atoms with Crippen LogP contribution in [-0.4, -0.2) is 43.5 Å². The molecule has 1 aromatic rings. The van der Waals surface area contributed by atoms with Crippen molar-refractivity contribution >= 4 is 17.3 Å². The van der Waals surface area contributed by atoms with Crippen LogP contribution >= 0.6 is 0 Å². The van der Waals surface area contributed by atoms with E-state index in [-0.39, 0.29) is 5.91 Å². The lowest BCUT2D eigenvalue weighted by molar-refractivity contribution is -0.131.